The van der Waals surface area contributed by atoms with Crippen molar-refractivity contribution in [2.45, 2.75) is 29.3 Å². The summed E-state index contributed by atoms with van der Waals surface area (Å²) in [5.74, 6) is -0.538. The summed E-state index contributed by atoms with van der Waals surface area (Å²) in [5, 5.41) is 20.0. The van der Waals surface area contributed by atoms with Gasteiger partial charge < -0.3 is 14.9 Å². The number of hydrogen-bond acceptors (Lipinski definition) is 5. The second-order valence-electron chi connectivity index (χ2n) is 4.95. The van der Waals surface area contributed by atoms with Gasteiger partial charge in [-0.15, -0.1) is 11.8 Å². The Bertz CT molecular complexity index is 603. The molecule has 0 spiro atoms. The normalized spacial score (nSPS) is 14.7. The number of benzene rings is 2. The largest absolute Gasteiger partial charge is 0.465 e. The van der Waals surface area contributed by atoms with Crippen LogP contribution in [0.4, 0.5) is 0 Å². The SMILES string of the molecule is CCOC(=O)[C@H](Sc1ccccc1)[C@H](O)[C@@H](O)c1ccccc1. The lowest BCUT2D eigenvalue weighted by molar-refractivity contribution is -0.146. The lowest BCUT2D eigenvalue weighted by Gasteiger charge is -2.25. The molecule has 4 nitrogen and oxygen atoms in total. The molecule has 5 heteroatoms. The first-order valence-corrected chi connectivity index (χ1v) is 8.31. The third kappa shape index (κ3) is 4.82. The zero-order chi connectivity index (χ0) is 16.7. The van der Waals surface area contributed by atoms with Crippen molar-refractivity contribution in [3.63, 3.8) is 0 Å². The molecule has 2 aromatic carbocycles. The van der Waals surface area contributed by atoms with Crippen molar-refractivity contribution in [3.05, 3.63) is 66.2 Å². The van der Waals surface area contributed by atoms with Crippen LogP contribution in [0.15, 0.2) is 65.6 Å². The quantitative estimate of drug-likeness (QED) is 0.603. The minimum Gasteiger partial charge on any atom is -0.465 e. The molecule has 0 saturated carbocycles. The molecule has 122 valence electrons. The van der Waals surface area contributed by atoms with Gasteiger partial charge in [-0.1, -0.05) is 48.5 Å². The van der Waals surface area contributed by atoms with E-state index in [1.807, 2.05) is 36.4 Å². The zero-order valence-electron chi connectivity index (χ0n) is 12.8. The van der Waals surface area contributed by atoms with Crippen LogP contribution in [0, 0.1) is 0 Å². The number of esters is 1. The van der Waals surface area contributed by atoms with Crippen molar-refractivity contribution in [1.82, 2.24) is 0 Å². The highest BCUT2D eigenvalue weighted by molar-refractivity contribution is 8.00. The molecule has 0 unspecified atom stereocenters. The fraction of sp³-hybridized carbons (Fsp3) is 0.278. The fourth-order valence-electron chi connectivity index (χ4n) is 2.14. The van der Waals surface area contributed by atoms with E-state index in [1.165, 1.54) is 11.8 Å². The molecule has 0 aromatic heterocycles. The first-order chi connectivity index (χ1) is 11.1. The molecule has 23 heavy (non-hydrogen) atoms. The van der Waals surface area contributed by atoms with E-state index in [0.717, 1.165) is 4.90 Å². The molecule has 2 rings (SSSR count). The van der Waals surface area contributed by atoms with Crippen molar-refractivity contribution in [2.24, 2.45) is 0 Å². The number of carbonyl (C=O) groups is 1. The van der Waals surface area contributed by atoms with E-state index in [-0.39, 0.29) is 6.61 Å². The van der Waals surface area contributed by atoms with E-state index in [4.69, 9.17) is 4.74 Å². The Labute approximate surface area is 140 Å². The minimum atomic E-state index is -1.28. The van der Waals surface area contributed by atoms with Gasteiger partial charge in [-0.25, -0.2) is 0 Å². The average molecular weight is 332 g/mol. The van der Waals surface area contributed by atoms with E-state index < -0.39 is 23.4 Å². The van der Waals surface area contributed by atoms with Crippen LogP contribution in [-0.2, 0) is 9.53 Å². The Morgan fingerprint density at radius 3 is 2.17 bits per heavy atom. The highest BCUT2D eigenvalue weighted by Gasteiger charge is 2.34. The first-order valence-electron chi connectivity index (χ1n) is 7.43. The Kier molecular flexibility index (Phi) is 6.65. The van der Waals surface area contributed by atoms with Crippen molar-refractivity contribution in [2.75, 3.05) is 6.61 Å². The van der Waals surface area contributed by atoms with Crippen LogP contribution in [0.25, 0.3) is 0 Å². The third-order valence-corrected chi connectivity index (χ3v) is 4.57. The zero-order valence-corrected chi connectivity index (χ0v) is 13.6. The van der Waals surface area contributed by atoms with Crippen LogP contribution in [0.3, 0.4) is 0 Å². The third-order valence-electron chi connectivity index (χ3n) is 3.30. The van der Waals surface area contributed by atoms with Crippen LogP contribution < -0.4 is 0 Å². The fourth-order valence-corrected chi connectivity index (χ4v) is 3.20. The van der Waals surface area contributed by atoms with E-state index in [9.17, 15) is 15.0 Å². The number of aliphatic hydroxyl groups is 2. The number of aliphatic hydroxyl groups excluding tert-OH is 2. The monoisotopic (exact) mass is 332 g/mol. The van der Waals surface area contributed by atoms with Gasteiger partial charge >= 0.3 is 5.97 Å². The van der Waals surface area contributed by atoms with Gasteiger partial charge in [0.2, 0.25) is 0 Å². The molecule has 0 amide bonds. The van der Waals surface area contributed by atoms with Crippen molar-refractivity contribution >= 4 is 17.7 Å². The second-order valence-corrected chi connectivity index (χ2v) is 6.16. The first kappa shape index (κ1) is 17.5. The summed E-state index contributed by atoms with van der Waals surface area (Å²) in [6, 6.07) is 18.1. The van der Waals surface area contributed by atoms with Gasteiger partial charge in [-0.05, 0) is 24.6 Å². The standard InChI is InChI=1S/C18H20O4S/c1-2-22-18(21)17(23-14-11-7-4-8-12-14)16(20)15(19)13-9-5-3-6-10-13/h3-12,15-17,19-20H,2H2,1H3/t15-,16+,17+/m0/s1. The summed E-state index contributed by atoms with van der Waals surface area (Å²) in [5.41, 5.74) is 0.558. The van der Waals surface area contributed by atoms with Crippen LogP contribution in [0.2, 0.25) is 0 Å². The Balaban J connectivity index is 2.20. The minimum absolute atomic E-state index is 0.221. The number of thioether (sulfide) groups is 1. The molecule has 0 bridgehead atoms. The lowest BCUT2D eigenvalue weighted by Crippen LogP contribution is -2.37. The molecule has 2 aromatic rings. The van der Waals surface area contributed by atoms with Crippen LogP contribution in [0.5, 0.6) is 0 Å². The molecule has 0 saturated heterocycles. The molecule has 0 aliphatic carbocycles. The molecule has 2 N–H and O–H groups in total. The summed E-state index contributed by atoms with van der Waals surface area (Å²) in [6.45, 7) is 1.93. The Morgan fingerprint density at radius 2 is 1.61 bits per heavy atom. The second kappa shape index (κ2) is 8.72. The van der Waals surface area contributed by atoms with Gasteiger partial charge in [0.25, 0.3) is 0 Å². The highest BCUT2D eigenvalue weighted by Crippen LogP contribution is 2.31. The van der Waals surface area contributed by atoms with Crippen LogP contribution >= 0.6 is 11.8 Å². The number of hydrogen-bond donors (Lipinski definition) is 2. The summed E-state index contributed by atoms with van der Waals surface area (Å²) in [6.07, 6.45) is -2.44. The van der Waals surface area contributed by atoms with Crippen molar-refractivity contribution in [1.29, 1.82) is 0 Å². The smallest absolute Gasteiger partial charge is 0.322 e. The predicted octanol–water partition coefficient (Wildman–Crippen LogP) is 2.80. The van der Waals surface area contributed by atoms with Crippen molar-refractivity contribution in [3.8, 4) is 0 Å². The number of carbonyl (C=O) groups excluding carboxylic acids is 1. The van der Waals surface area contributed by atoms with Gasteiger partial charge in [0, 0.05) is 4.90 Å². The molecule has 0 heterocycles. The Morgan fingerprint density at radius 1 is 1.04 bits per heavy atom. The van der Waals surface area contributed by atoms with E-state index in [1.54, 1.807) is 31.2 Å². The summed E-state index contributed by atoms with van der Waals surface area (Å²) in [4.78, 5) is 13.0. The molecule has 0 radical (unpaired) electrons. The average Bonchev–Trinajstić information content (AvgIpc) is 2.60. The van der Waals surface area contributed by atoms with E-state index >= 15 is 0 Å². The molecule has 0 aliphatic rings. The molecular weight excluding hydrogens is 312 g/mol. The topological polar surface area (TPSA) is 66.8 Å². The number of rotatable bonds is 7. The molecular formula is C18H20O4S. The van der Waals surface area contributed by atoms with Crippen LogP contribution in [-0.4, -0.2) is 34.1 Å². The summed E-state index contributed by atoms with van der Waals surface area (Å²) in [7, 11) is 0. The van der Waals surface area contributed by atoms with Crippen molar-refractivity contribution < 1.29 is 19.7 Å². The summed E-state index contributed by atoms with van der Waals surface area (Å²) < 4.78 is 5.05. The maximum Gasteiger partial charge on any atom is 0.322 e. The van der Waals surface area contributed by atoms with Gasteiger partial charge in [0.15, 0.2) is 0 Å². The van der Waals surface area contributed by atoms with Gasteiger partial charge in [-0.3, -0.25) is 4.79 Å². The number of ether oxygens (including phenoxy) is 1. The van der Waals surface area contributed by atoms with Gasteiger partial charge in [-0.2, -0.15) is 0 Å². The van der Waals surface area contributed by atoms with Gasteiger partial charge in [0.1, 0.15) is 17.5 Å². The maximum atomic E-state index is 12.2. The highest BCUT2D eigenvalue weighted by atomic mass is 32.2. The predicted molar refractivity (Wildman–Crippen MR) is 90.1 cm³/mol. The lowest BCUT2D eigenvalue weighted by atomic mass is 10.0. The van der Waals surface area contributed by atoms with Gasteiger partial charge in [0.05, 0.1) is 6.61 Å². The molecule has 3 atom stereocenters. The Hall–Kier alpha value is -1.82. The van der Waals surface area contributed by atoms with E-state index in [2.05, 4.69) is 0 Å². The van der Waals surface area contributed by atoms with E-state index in [0.29, 0.717) is 5.56 Å². The molecule has 0 fully saturated rings. The maximum absolute atomic E-state index is 12.2. The molecule has 0 aliphatic heterocycles. The summed E-state index contributed by atoms with van der Waals surface area (Å²) >= 11 is 1.18. The van der Waals surface area contributed by atoms with Crippen LogP contribution in [0.1, 0.15) is 18.6 Å².